The standard InChI is InChI=1S/C25H18F2N2O5S3/c1-34-20-10-15(3-4-17(20)24(32)33)28-22(30)6-7-29-23(31)21(37-25(29)35)11-16-8-14(12-36-16)13-2-5-18(26)19(27)9-13/h2-5,8-12H,6-7H2,1H3,(H,28,30)(H,32,33)/b21-11-. The fourth-order valence-electron chi connectivity index (χ4n) is 3.46. The molecule has 2 heterocycles. The minimum Gasteiger partial charge on any atom is -0.496 e. The molecule has 37 heavy (non-hydrogen) atoms. The van der Waals surface area contributed by atoms with Crippen molar-refractivity contribution in [2.24, 2.45) is 0 Å². The number of rotatable bonds is 8. The van der Waals surface area contributed by atoms with Crippen molar-refractivity contribution in [1.29, 1.82) is 0 Å². The number of methoxy groups -OCH3 is 1. The summed E-state index contributed by atoms with van der Waals surface area (Å²) in [6, 6.07) is 9.59. The van der Waals surface area contributed by atoms with Crippen LogP contribution in [0.25, 0.3) is 17.2 Å². The molecule has 0 radical (unpaired) electrons. The molecule has 0 aliphatic carbocycles. The van der Waals surface area contributed by atoms with Gasteiger partial charge in [-0.1, -0.05) is 30.0 Å². The third kappa shape index (κ3) is 6.04. The van der Waals surface area contributed by atoms with Gasteiger partial charge in [-0.15, -0.1) is 11.3 Å². The van der Waals surface area contributed by atoms with E-state index in [2.05, 4.69) is 5.32 Å². The predicted molar refractivity (Wildman–Crippen MR) is 143 cm³/mol. The lowest BCUT2D eigenvalue weighted by atomic mass is 10.1. The van der Waals surface area contributed by atoms with Crippen LogP contribution in [0.4, 0.5) is 14.5 Å². The fraction of sp³-hybridized carbons (Fsp3) is 0.120. The maximum atomic E-state index is 13.6. The van der Waals surface area contributed by atoms with Crippen molar-refractivity contribution in [3.8, 4) is 16.9 Å². The number of thiophene rings is 1. The van der Waals surface area contributed by atoms with Crippen LogP contribution in [0, 0.1) is 11.6 Å². The van der Waals surface area contributed by atoms with Gasteiger partial charge in [0.15, 0.2) is 11.6 Å². The Bertz CT molecular complexity index is 1450. The summed E-state index contributed by atoms with van der Waals surface area (Å²) in [5.74, 6) is -3.64. The molecule has 1 aromatic heterocycles. The molecule has 2 aromatic carbocycles. The number of amides is 2. The molecule has 2 N–H and O–H groups in total. The van der Waals surface area contributed by atoms with E-state index in [9.17, 15) is 23.2 Å². The van der Waals surface area contributed by atoms with Crippen LogP contribution >= 0.6 is 35.3 Å². The lowest BCUT2D eigenvalue weighted by Gasteiger charge is -2.14. The van der Waals surface area contributed by atoms with E-state index in [1.165, 1.54) is 47.6 Å². The van der Waals surface area contributed by atoms with Crippen molar-refractivity contribution in [3.63, 3.8) is 0 Å². The molecule has 3 aromatic rings. The Kier molecular flexibility index (Phi) is 8.00. The Balaban J connectivity index is 1.38. The predicted octanol–water partition coefficient (Wildman–Crippen LogP) is 5.63. The van der Waals surface area contributed by atoms with Crippen molar-refractivity contribution in [3.05, 3.63) is 74.8 Å². The van der Waals surface area contributed by atoms with Crippen molar-refractivity contribution in [2.45, 2.75) is 6.42 Å². The Hall–Kier alpha value is -3.61. The van der Waals surface area contributed by atoms with Gasteiger partial charge in [0.1, 0.15) is 15.6 Å². The second-order valence-corrected chi connectivity index (χ2v) is 10.3. The van der Waals surface area contributed by atoms with Gasteiger partial charge in [-0.25, -0.2) is 13.6 Å². The number of thioether (sulfide) groups is 1. The van der Waals surface area contributed by atoms with Gasteiger partial charge in [0.25, 0.3) is 5.91 Å². The molecule has 0 unspecified atom stereocenters. The minimum absolute atomic E-state index is 0.0347. The molecule has 4 rings (SSSR count). The Morgan fingerprint density at radius 1 is 1.14 bits per heavy atom. The molecule has 12 heteroatoms. The molecular formula is C25H18F2N2O5S3. The summed E-state index contributed by atoms with van der Waals surface area (Å²) in [6.45, 7) is 0.0583. The largest absolute Gasteiger partial charge is 0.496 e. The summed E-state index contributed by atoms with van der Waals surface area (Å²) >= 11 is 7.78. The zero-order valence-corrected chi connectivity index (χ0v) is 21.6. The first kappa shape index (κ1) is 26.5. The maximum absolute atomic E-state index is 13.6. The number of aromatic carboxylic acids is 1. The van der Waals surface area contributed by atoms with Gasteiger partial charge >= 0.3 is 5.97 Å². The number of hydrogen-bond donors (Lipinski definition) is 2. The Morgan fingerprint density at radius 3 is 2.62 bits per heavy atom. The first-order valence-electron chi connectivity index (χ1n) is 10.7. The summed E-state index contributed by atoms with van der Waals surface area (Å²) < 4.78 is 32.1. The average molecular weight is 561 g/mol. The number of anilines is 1. The molecule has 0 saturated carbocycles. The summed E-state index contributed by atoms with van der Waals surface area (Å²) in [5.41, 5.74) is 1.53. The van der Waals surface area contributed by atoms with E-state index in [0.29, 0.717) is 26.0 Å². The number of nitrogens with one attached hydrogen (secondary N) is 1. The number of ether oxygens (including phenoxy) is 1. The Labute approximate surface area is 223 Å². The highest BCUT2D eigenvalue weighted by atomic mass is 32.2. The van der Waals surface area contributed by atoms with Crippen LogP contribution in [0.1, 0.15) is 21.7 Å². The normalized spacial score (nSPS) is 14.4. The molecule has 0 atom stereocenters. The monoisotopic (exact) mass is 560 g/mol. The topological polar surface area (TPSA) is 95.9 Å². The minimum atomic E-state index is -1.15. The molecular weight excluding hydrogens is 542 g/mol. The van der Waals surface area contributed by atoms with Gasteiger partial charge in [-0.05, 0) is 52.9 Å². The molecule has 0 bridgehead atoms. The van der Waals surface area contributed by atoms with E-state index in [1.807, 2.05) is 0 Å². The Morgan fingerprint density at radius 2 is 1.92 bits per heavy atom. The average Bonchev–Trinajstić information content (AvgIpc) is 3.43. The van der Waals surface area contributed by atoms with Crippen molar-refractivity contribution < 1.29 is 33.0 Å². The van der Waals surface area contributed by atoms with Crippen LogP contribution in [0.15, 0.2) is 52.7 Å². The number of hydrogen-bond acceptors (Lipinski definition) is 7. The van der Waals surface area contributed by atoms with Crippen molar-refractivity contribution in [2.75, 3.05) is 19.0 Å². The second-order valence-electron chi connectivity index (χ2n) is 7.72. The molecule has 2 amide bonds. The van der Waals surface area contributed by atoms with E-state index in [4.69, 9.17) is 22.1 Å². The third-order valence-electron chi connectivity index (χ3n) is 5.30. The highest BCUT2D eigenvalue weighted by Crippen LogP contribution is 2.35. The smallest absolute Gasteiger partial charge is 0.339 e. The van der Waals surface area contributed by atoms with Crippen LogP contribution in [0.2, 0.25) is 0 Å². The first-order valence-corrected chi connectivity index (χ1v) is 12.8. The van der Waals surface area contributed by atoms with E-state index >= 15 is 0 Å². The van der Waals surface area contributed by atoms with E-state index in [-0.39, 0.29) is 30.2 Å². The van der Waals surface area contributed by atoms with Crippen LogP contribution in [-0.2, 0) is 9.59 Å². The number of thiocarbonyl (C=S) groups is 1. The van der Waals surface area contributed by atoms with Gasteiger partial charge in [0.05, 0.1) is 12.0 Å². The zero-order chi connectivity index (χ0) is 26.7. The summed E-state index contributed by atoms with van der Waals surface area (Å²) in [6.07, 6.45) is 1.63. The number of carbonyl (C=O) groups excluding carboxylic acids is 2. The quantitative estimate of drug-likeness (QED) is 0.272. The molecule has 0 spiro atoms. The van der Waals surface area contributed by atoms with Gasteiger partial charge < -0.3 is 15.2 Å². The highest BCUT2D eigenvalue weighted by Gasteiger charge is 2.32. The maximum Gasteiger partial charge on any atom is 0.339 e. The lowest BCUT2D eigenvalue weighted by molar-refractivity contribution is -0.122. The first-order chi connectivity index (χ1) is 17.7. The lowest BCUT2D eigenvalue weighted by Crippen LogP contribution is -2.31. The highest BCUT2D eigenvalue weighted by molar-refractivity contribution is 8.26. The third-order valence-corrected chi connectivity index (χ3v) is 7.56. The van der Waals surface area contributed by atoms with Crippen LogP contribution in [-0.4, -0.2) is 45.8 Å². The summed E-state index contributed by atoms with van der Waals surface area (Å²) in [5, 5.41) is 13.6. The number of carboxylic acid groups (broad SMARTS) is 1. The van der Waals surface area contributed by atoms with Gasteiger partial charge in [0.2, 0.25) is 5.91 Å². The van der Waals surface area contributed by atoms with Crippen LogP contribution < -0.4 is 10.1 Å². The van der Waals surface area contributed by atoms with Crippen molar-refractivity contribution >= 4 is 69.2 Å². The van der Waals surface area contributed by atoms with Gasteiger partial charge in [-0.2, -0.15) is 0 Å². The summed E-state index contributed by atoms with van der Waals surface area (Å²) in [7, 11) is 1.33. The van der Waals surface area contributed by atoms with Crippen LogP contribution in [0.3, 0.4) is 0 Å². The molecule has 7 nitrogen and oxygen atoms in total. The molecule has 1 fully saturated rings. The van der Waals surface area contributed by atoms with E-state index < -0.39 is 23.5 Å². The number of carboxylic acids is 1. The number of halogens is 2. The number of benzene rings is 2. The van der Waals surface area contributed by atoms with Gasteiger partial charge in [-0.3, -0.25) is 14.5 Å². The SMILES string of the molecule is COc1cc(NC(=O)CCN2C(=O)/C(=C/c3cc(-c4ccc(F)c(F)c4)cs3)SC2=S)ccc1C(=O)O. The van der Waals surface area contributed by atoms with Gasteiger partial charge in [0, 0.05) is 29.6 Å². The molecule has 1 aliphatic rings. The number of nitrogens with zero attached hydrogens (tertiary/aromatic N) is 1. The zero-order valence-electron chi connectivity index (χ0n) is 19.1. The molecule has 1 aliphatic heterocycles. The number of carbonyl (C=O) groups is 3. The second kappa shape index (κ2) is 11.2. The van der Waals surface area contributed by atoms with Crippen LogP contribution in [0.5, 0.6) is 5.75 Å². The fourth-order valence-corrected chi connectivity index (χ4v) is 5.68. The molecule has 1 saturated heterocycles. The summed E-state index contributed by atoms with van der Waals surface area (Å²) in [4.78, 5) is 39.0. The van der Waals surface area contributed by atoms with E-state index in [0.717, 1.165) is 28.8 Å². The van der Waals surface area contributed by atoms with Crippen molar-refractivity contribution in [1.82, 2.24) is 4.90 Å². The molecule has 190 valence electrons. The van der Waals surface area contributed by atoms with E-state index in [1.54, 1.807) is 17.5 Å².